The second-order valence-electron chi connectivity index (χ2n) is 10.7. The predicted octanol–water partition coefficient (Wildman–Crippen LogP) is 4.35. The van der Waals surface area contributed by atoms with Crippen LogP contribution in [-0.2, 0) is 16.6 Å². The van der Waals surface area contributed by atoms with Crippen molar-refractivity contribution in [3.63, 3.8) is 0 Å². The van der Waals surface area contributed by atoms with Crippen molar-refractivity contribution >= 4 is 32.6 Å². The first kappa shape index (κ1) is 29.8. The smallest absolute Gasteiger partial charge is 0.264 e. The van der Waals surface area contributed by atoms with E-state index in [2.05, 4.69) is 38.5 Å². The molecule has 13 heteroatoms. The second kappa shape index (κ2) is 12.7. The van der Waals surface area contributed by atoms with E-state index in [1.165, 1.54) is 36.7 Å². The molecule has 42 heavy (non-hydrogen) atoms. The Hall–Kier alpha value is -3.68. The zero-order chi connectivity index (χ0) is 29.9. The van der Waals surface area contributed by atoms with E-state index in [0.717, 1.165) is 64.0 Å². The summed E-state index contributed by atoms with van der Waals surface area (Å²) >= 11 is 0. The van der Waals surface area contributed by atoms with E-state index >= 15 is 4.39 Å². The van der Waals surface area contributed by atoms with Crippen LogP contribution in [0.4, 0.5) is 20.3 Å². The van der Waals surface area contributed by atoms with Crippen molar-refractivity contribution in [1.29, 1.82) is 0 Å². The maximum atomic E-state index is 15.2. The molecular formula is C29H36F2N8O2S. The number of aromatic nitrogens is 4. The summed E-state index contributed by atoms with van der Waals surface area (Å²) in [5, 5.41) is 5.24. The molecule has 0 bridgehead atoms. The van der Waals surface area contributed by atoms with E-state index in [4.69, 9.17) is 10.8 Å². The average molecular weight is 599 g/mol. The van der Waals surface area contributed by atoms with Crippen LogP contribution in [0.2, 0.25) is 0 Å². The minimum Gasteiger partial charge on any atom is -0.383 e. The number of hydrogen-bond acceptors (Lipinski definition) is 8. The molecule has 1 fully saturated rings. The van der Waals surface area contributed by atoms with Gasteiger partial charge in [-0.3, -0.25) is 4.72 Å². The molecule has 4 aromatic rings. The number of benzene rings is 2. The van der Waals surface area contributed by atoms with Crippen LogP contribution in [0.3, 0.4) is 0 Å². The van der Waals surface area contributed by atoms with Crippen molar-refractivity contribution in [3.8, 4) is 11.3 Å². The number of piperidine rings is 1. The number of rotatable bonds is 11. The molecule has 3 N–H and O–H groups in total. The van der Waals surface area contributed by atoms with Crippen LogP contribution < -0.4 is 10.5 Å². The molecule has 0 unspecified atom stereocenters. The molecule has 3 heterocycles. The van der Waals surface area contributed by atoms with Gasteiger partial charge >= 0.3 is 0 Å². The molecule has 2 aromatic carbocycles. The van der Waals surface area contributed by atoms with Crippen molar-refractivity contribution < 1.29 is 17.2 Å². The molecule has 224 valence electrons. The van der Waals surface area contributed by atoms with Gasteiger partial charge in [-0.05, 0) is 76.6 Å². The summed E-state index contributed by atoms with van der Waals surface area (Å²) in [7, 11) is -2.18. The van der Waals surface area contributed by atoms with Gasteiger partial charge < -0.3 is 15.5 Å². The lowest BCUT2D eigenvalue weighted by Gasteiger charge is -2.37. The van der Waals surface area contributed by atoms with Gasteiger partial charge in [0.1, 0.15) is 34.4 Å². The molecule has 5 rings (SSSR count). The van der Waals surface area contributed by atoms with Gasteiger partial charge in [-0.2, -0.15) is 5.10 Å². The van der Waals surface area contributed by atoms with Crippen LogP contribution in [0.15, 0.2) is 53.7 Å². The molecule has 2 aromatic heterocycles. The fraction of sp³-hybridized carbons (Fsp3) is 0.414. The number of hydrogen-bond donors (Lipinski definition) is 2. The third kappa shape index (κ3) is 6.37. The monoisotopic (exact) mass is 598 g/mol. The predicted molar refractivity (Wildman–Crippen MR) is 159 cm³/mol. The number of nitrogens with one attached hydrogen (secondary N) is 1. The number of sulfonamides is 1. The Labute approximate surface area is 244 Å². The van der Waals surface area contributed by atoms with Crippen LogP contribution in [0.1, 0.15) is 32.6 Å². The summed E-state index contributed by atoms with van der Waals surface area (Å²) in [6.45, 7) is 6.96. The molecular weight excluding hydrogens is 562 g/mol. The van der Waals surface area contributed by atoms with Crippen molar-refractivity contribution in [3.05, 3.63) is 60.4 Å². The first-order chi connectivity index (χ1) is 20.2. The number of aryl methyl sites for hydroxylation is 1. The van der Waals surface area contributed by atoms with Crippen molar-refractivity contribution in [2.75, 3.05) is 43.7 Å². The summed E-state index contributed by atoms with van der Waals surface area (Å²) in [5.41, 5.74) is 7.23. The van der Waals surface area contributed by atoms with E-state index < -0.39 is 26.6 Å². The molecule has 0 atom stereocenters. The number of halogens is 2. The van der Waals surface area contributed by atoms with Crippen LogP contribution in [-0.4, -0.2) is 77.2 Å². The SMILES string of the molecule is CCCN(CCCn1nc(-c2ccc(NS(=O)(=O)c3ccccc3F)c(F)c2)c2c(N)ncnc21)C1CCN(C)CC1. The van der Waals surface area contributed by atoms with E-state index in [1.54, 1.807) is 4.68 Å². The highest BCUT2D eigenvalue weighted by molar-refractivity contribution is 7.92. The topological polar surface area (TPSA) is 122 Å². The molecule has 10 nitrogen and oxygen atoms in total. The lowest BCUT2D eigenvalue weighted by Crippen LogP contribution is -2.44. The van der Waals surface area contributed by atoms with Gasteiger partial charge in [0, 0.05) is 24.7 Å². The van der Waals surface area contributed by atoms with E-state index in [9.17, 15) is 12.8 Å². The lowest BCUT2D eigenvalue weighted by atomic mass is 10.0. The molecule has 0 saturated carbocycles. The fourth-order valence-electron chi connectivity index (χ4n) is 5.54. The molecule has 1 aliphatic rings. The summed E-state index contributed by atoms with van der Waals surface area (Å²) in [6, 6.07) is 9.45. The minimum atomic E-state index is -4.35. The maximum Gasteiger partial charge on any atom is 0.264 e. The Balaban J connectivity index is 1.37. The summed E-state index contributed by atoms with van der Waals surface area (Å²) in [4.78, 5) is 12.9. The van der Waals surface area contributed by atoms with Crippen molar-refractivity contribution in [2.45, 2.75) is 50.1 Å². The first-order valence-electron chi connectivity index (χ1n) is 14.1. The minimum absolute atomic E-state index is 0.213. The van der Waals surface area contributed by atoms with Gasteiger partial charge in [-0.15, -0.1) is 0 Å². The Morgan fingerprint density at radius 3 is 2.55 bits per heavy atom. The summed E-state index contributed by atoms with van der Waals surface area (Å²) in [6.07, 6.45) is 5.63. The first-order valence-corrected chi connectivity index (χ1v) is 15.6. The van der Waals surface area contributed by atoms with Gasteiger partial charge in [0.15, 0.2) is 5.65 Å². The number of fused-ring (bicyclic) bond motifs is 1. The quantitative estimate of drug-likeness (QED) is 0.261. The van der Waals surface area contributed by atoms with E-state index in [1.807, 2.05) is 0 Å². The van der Waals surface area contributed by atoms with Crippen LogP contribution in [0.25, 0.3) is 22.3 Å². The van der Waals surface area contributed by atoms with Gasteiger partial charge in [0.2, 0.25) is 0 Å². The molecule has 0 amide bonds. The zero-order valence-corrected chi connectivity index (χ0v) is 24.6. The average Bonchev–Trinajstić information content (AvgIpc) is 3.34. The molecule has 0 radical (unpaired) electrons. The highest BCUT2D eigenvalue weighted by Crippen LogP contribution is 2.32. The van der Waals surface area contributed by atoms with Crippen molar-refractivity contribution in [1.82, 2.24) is 29.5 Å². The molecule has 1 aliphatic heterocycles. The summed E-state index contributed by atoms with van der Waals surface area (Å²) in [5.74, 6) is -1.57. The molecule has 0 aliphatic carbocycles. The molecule has 0 spiro atoms. The van der Waals surface area contributed by atoms with Crippen LogP contribution >= 0.6 is 0 Å². The third-order valence-electron chi connectivity index (χ3n) is 7.70. The summed E-state index contributed by atoms with van der Waals surface area (Å²) < 4.78 is 58.6. The standard InChI is InChI=1S/C29H36F2N8O2S/c1-3-13-38(21-11-16-37(2)17-12-21)14-6-15-39-29-26(28(32)33-19-34-29)27(35-39)20-9-10-24(23(31)18-20)36-42(40,41)25-8-5-4-7-22(25)30/h4-5,7-10,18-19,21,36H,3,6,11-17H2,1-2H3,(H2,32,33,34). The van der Waals surface area contributed by atoms with Gasteiger partial charge in [0.25, 0.3) is 10.0 Å². The number of nitrogens with two attached hydrogens (primary N) is 1. The Bertz CT molecular complexity index is 1650. The normalized spacial score (nSPS) is 15.1. The fourth-order valence-corrected chi connectivity index (χ4v) is 6.69. The number of nitrogen functional groups attached to an aromatic ring is 1. The maximum absolute atomic E-state index is 15.2. The largest absolute Gasteiger partial charge is 0.383 e. The van der Waals surface area contributed by atoms with Gasteiger partial charge in [0.05, 0.1) is 11.1 Å². The molecule has 1 saturated heterocycles. The van der Waals surface area contributed by atoms with Crippen LogP contribution in [0.5, 0.6) is 0 Å². The lowest BCUT2D eigenvalue weighted by molar-refractivity contribution is 0.118. The van der Waals surface area contributed by atoms with Gasteiger partial charge in [-0.1, -0.05) is 25.1 Å². The van der Waals surface area contributed by atoms with E-state index in [-0.39, 0.29) is 11.5 Å². The Morgan fingerprint density at radius 2 is 1.83 bits per heavy atom. The Morgan fingerprint density at radius 1 is 1.07 bits per heavy atom. The number of anilines is 2. The van der Waals surface area contributed by atoms with Crippen molar-refractivity contribution in [2.24, 2.45) is 0 Å². The number of likely N-dealkylation sites (tertiary alicyclic amines) is 1. The highest BCUT2D eigenvalue weighted by atomic mass is 32.2. The van der Waals surface area contributed by atoms with E-state index in [0.29, 0.717) is 34.9 Å². The second-order valence-corrected chi connectivity index (χ2v) is 12.3. The third-order valence-corrected chi connectivity index (χ3v) is 9.10. The zero-order valence-electron chi connectivity index (χ0n) is 23.8. The van der Waals surface area contributed by atoms with Gasteiger partial charge in [-0.25, -0.2) is 31.8 Å². The highest BCUT2D eigenvalue weighted by Gasteiger charge is 2.24. The Kier molecular flexibility index (Phi) is 8.99. The number of nitrogens with zero attached hydrogens (tertiary/aromatic N) is 6. The van der Waals surface area contributed by atoms with Crippen LogP contribution in [0, 0.1) is 11.6 Å².